The topological polar surface area (TPSA) is 69.4 Å². The van der Waals surface area contributed by atoms with E-state index < -0.39 is 23.6 Å². The van der Waals surface area contributed by atoms with Crippen LogP contribution in [0.4, 0.5) is 20.3 Å². The summed E-state index contributed by atoms with van der Waals surface area (Å²) in [6.07, 6.45) is 5.19. The van der Waals surface area contributed by atoms with Crippen LogP contribution in [0.5, 0.6) is 6.01 Å². The zero-order valence-electron chi connectivity index (χ0n) is 25.7. The highest BCUT2D eigenvalue weighted by Gasteiger charge is 2.49. The van der Waals surface area contributed by atoms with Gasteiger partial charge in [-0.15, -0.1) is 0 Å². The Bertz CT molecular complexity index is 1740. The van der Waals surface area contributed by atoms with Crippen molar-refractivity contribution in [3.63, 3.8) is 0 Å². The normalized spacial score (nSPS) is 20.8. The number of nitrogens with zero attached hydrogens (tertiary/aromatic N) is 7. The summed E-state index contributed by atoms with van der Waals surface area (Å²) in [6.45, 7) is 15.4. The maximum absolute atomic E-state index is 14.6. The number of halogens is 3. The first-order chi connectivity index (χ1) is 22.3. The molecule has 2 saturated heterocycles. The predicted octanol–water partition coefficient (Wildman–Crippen LogP) is 5.41. The standard InChI is InChI=1S/C34H36ClF2N7O2/c1-22(36)32(45)44-17-16-42(19-24(44)18-38-2)31-25-10-15-41(28-7-5-6-23-8-9-26(37)30(35)29(23)28)20-27(25)39-33(40-31)46-21-34(11-12-34)43-13-3-4-14-43/h5-9,24H,1,3-4,10-21H2/t24-/m0/s1. The molecular formula is C34H36ClF2N7O2. The number of rotatable bonds is 8. The summed E-state index contributed by atoms with van der Waals surface area (Å²) in [5, 5.41) is 1.61. The molecule has 240 valence electrons. The van der Waals surface area contributed by atoms with Crippen LogP contribution in [0.25, 0.3) is 15.6 Å². The average molecular weight is 648 g/mol. The van der Waals surface area contributed by atoms with E-state index in [1.807, 2.05) is 18.2 Å². The monoisotopic (exact) mass is 647 g/mol. The molecule has 3 aliphatic heterocycles. The Labute approximate surface area is 272 Å². The van der Waals surface area contributed by atoms with Gasteiger partial charge in [-0.3, -0.25) is 9.69 Å². The van der Waals surface area contributed by atoms with Crippen LogP contribution in [0.1, 0.15) is 36.9 Å². The van der Waals surface area contributed by atoms with Crippen LogP contribution in [-0.4, -0.2) is 89.7 Å². The Hall–Kier alpha value is -4.01. The van der Waals surface area contributed by atoms with Crippen LogP contribution < -0.4 is 14.5 Å². The maximum Gasteiger partial charge on any atom is 0.318 e. The fraction of sp³-hybridized carbons (Fsp3) is 0.471. The second-order valence-electron chi connectivity index (χ2n) is 12.7. The van der Waals surface area contributed by atoms with E-state index in [4.69, 9.17) is 32.9 Å². The van der Waals surface area contributed by atoms with Crippen molar-refractivity contribution in [2.24, 2.45) is 0 Å². The van der Waals surface area contributed by atoms with E-state index in [9.17, 15) is 13.6 Å². The second-order valence-corrected chi connectivity index (χ2v) is 13.1. The Kier molecular flexibility index (Phi) is 8.19. The largest absolute Gasteiger partial charge is 0.461 e. The van der Waals surface area contributed by atoms with Crippen molar-refractivity contribution in [3.8, 4) is 6.01 Å². The smallest absolute Gasteiger partial charge is 0.318 e. The van der Waals surface area contributed by atoms with Crippen molar-refractivity contribution in [3.05, 3.63) is 76.3 Å². The fourth-order valence-corrected chi connectivity index (χ4v) is 7.56. The third-order valence-corrected chi connectivity index (χ3v) is 10.3. The second kappa shape index (κ2) is 12.3. The van der Waals surface area contributed by atoms with Gasteiger partial charge in [0.05, 0.1) is 22.8 Å². The molecule has 3 aromatic rings. The molecule has 7 rings (SSSR count). The molecule has 46 heavy (non-hydrogen) atoms. The maximum atomic E-state index is 14.6. The van der Waals surface area contributed by atoms with Gasteiger partial charge in [0.15, 0.2) is 5.83 Å². The van der Waals surface area contributed by atoms with Crippen LogP contribution >= 0.6 is 11.6 Å². The van der Waals surface area contributed by atoms with Gasteiger partial charge >= 0.3 is 6.01 Å². The number of ether oxygens (including phenoxy) is 1. The quantitative estimate of drug-likeness (QED) is 0.239. The first-order valence-corrected chi connectivity index (χ1v) is 16.3. The lowest BCUT2D eigenvalue weighted by atomic mass is 10.0. The minimum Gasteiger partial charge on any atom is -0.461 e. The third-order valence-electron chi connectivity index (χ3n) is 9.93. The number of aromatic nitrogens is 2. The molecule has 1 atom stereocenters. The van der Waals surface area contributed by atoms with Gasteiger partial charge in [-0.25, -0.2) is 15.4 Å². The van der Waals surface area contributed by atoms with E-state index in [0.717, 1.165) is 48.3 Å². The van der Waals surface area contributed by atoms with Crippen LogP contribution in [0.2, 0.25) is 5.02 Å². The molecule has 1 aromatic heterocycles. The first-order valence-electron chi connectivity index (χ1n) is 15.9. The number of amides is 1. The molecule has 12 heteroatoms. The number of carbonyl (C=O) groups excluding carboxylic acids is 1. The number of hydrogen-bond donors (Lipinski definition) is 0. The lowest BCUT2D eigenvalue weighted by Crippen LogP contribution is -2.57. The number of likely N-dealkylation sites (tertiary alicyclic amines) is 1. The Morgan fingerprint density at radius 3 is 2.65 bits per heavy atom. The molecule has 2 aromatic carbocycles. The van der Waals surface area contributed by atoms with Gasteiger partial charge in [-0.05, 0) is 62.7 Å². The number of fused-ring (bicyclic) bond motifs is 2. The van der Waals surface area contributed by atoms with Gasteiger partial charge in [0.2, 0.25) is 6.54 Å². The summed E-state index contributed by atoms with van der Waals surface area (Å²) in [7, 11) is 0. The van der Waals surface area contributed by atoms with Crippen LogP contribution in [0, 0.1) is 12.4 Å². The van der Waals surface area contributed by atoms with Crippen LogP contribution in [0.3, 0.4) is 0 Å². The summed E-state index contributed by atoms with van der Waals surface area (Å²) in [6, 6.07) is 8.72. The molecule has 4 aliphatic rings. The Balaban J connectivity index is 1.22. The summed E-state index contributed by atoms with van der Waals surface area (Å²) in [4.78, 5) is 34.2. The molecule has 1 saturated carbocycles. The van der Waals surface area contributed by atoms with E-state index in [1.165, 1.54) is 23.8 Å². The summed E-state index contributed by atoms with van der Waals surface area (Å²) < 4.78 is 34.8. The van der Waals surface area contributed by atoms with Crippen LogP contribution in [0.15, 0.2) is 42.7 Å². The number of anilines is 2. The molecule has 3 fully saturated rings. The van der Waals surface area contributed by atoms with Gasteiger partial charge in [0, 0.05) is 42.8 Å². The minimum absolute atomic E-state index is 0.0349. The van der Waals surface area contributed by atoms with Crippen molar-refractivity contribution in [2.75, 3.05) is 62.2 Å². The van der Waals surface area contributed by atoms with Gasteiger partial charge in [-0.2, -0.15) is 9.97 Å². The summed E-state index contributed by atoms with van der Waals surface area (Å²) >= 11 is 6.50. The number of benzene rings is 2. The van der Waals surface area contributed by atoms with E-state index in [1.54, 1.807) is 6.07 Å². The Morgan fingerprint density at radius 2 is 1.91 bits per heavy atom. The van der Waals surface area contributed by atoms with Crippen molar-refractivity contribution < 1.29 is 18.3 Å². The first kappa shape index (κ1) is 30.6. The molecule has 0 bridgehead atoms. The van der Waals surface area contributed by atoms with Crippen molar-refractivity contribution >= 4 is 39.8 Å². The highest BCUT2D eigenvalue weighted by molar-refractivity contribution is 6.36. The average Bonchev–Trinajstić information content (AvgIpc) is 3.65. The molecular weight excluding hydrogens is 612 g/mol. The summed E-state index contributed by atoms with van der Waals surface area (Å²) in [5.41, 5.74) is 2.64. The minimum atomic E-state index is -1.03. The van der Waals surface area contributed by atoms with E-state index in [0.29, 0.717) is 56.4 Å². The molecule has 9 nitrogen and oxygen atoms in total. The number of hydrogen-bond acceptors (Lipinski definition) is 7. The van der Waals surface area contributed by atoms with E-state index in [-0.39, 0.29) is 23.7 Å². The van der Waals surface area contributed by atoms with Gasteiger partial charge in [0.1, 0.15) is 24.3 Å². The number of piperazine rings is 1. The predicted molar refractivity (Wildman–Crippen MR) is 173 cm³/mol. The van der Waals surface area contributed by atoms with Gasteiger partial charge in [-0.1, -0.05) is 36.4 Å². The molecule has 1 aliphatic carbocycles. The molecule has 0 unspecified atom stereocenters. The van der Waals surface area contributed by atoms with Crippen molar-refractivity contribution in [1.29, 1.82) is 0 Å². The summed E-state index contributed by atoms with van der Waals surface area (Å²) in [5.74, 6) is -1.55. The zero-order valence-corrected chi connectivity index (χ0v) is 26.4. The van der Waals surface area contributed by atoms with Gasteiger partial charge in [0.25, 0.3) is 5.91 Å². The lowest BCUT2D eigenvalue weighted by molar-refractivity contribution is -0.131. The highest BCUT2D eigenvalue weighted by Crippen LogP contribution is 2.44. The van der Waals surface area contributed by atoms with Crippen LogP contribution in [-0.2, 0) is 17.8 Å². The lowest BCUT2D eigenvalue weighted by Gasteiger charge is -2.41. The third kappa shape index (κ3) is 5.62. The number of carbonyl (C=O) groups is 1. The SMILES string of the molecule is [C-]#[N+]C[C@H]1CN(c2nc(OCC3(N4CCCC4)CC3)nc3c2CCN(c2cccc4ccc(F)c(Cl)c24)C3)CCN1C(=O)C(=C)F. The van der Waals surface area contributed by atoms with Crippen molar-refractivity contribution in [1.82, 2.24) is 19.8 Å². The van der Waals surface area contributed by atoms with E-state index in [2.05, 4.69) is 26.1 Å². The van der Waals surface area contributed by atoms with Gasteiger partial charge < -0.3 is 24.3 Å². The molecule has 4 heterocycles. The Morgan fingerprint density at radius 1 is 1.11 bits per heavy atom. The molecule has 0 N–H and O–H groups in total. The molecule has 0 radical (unpaired) electrons. The van der Waals surface area contributed by atoms with E-state index >= 15 is 0 Å². The highest BCUT2D eigenvalue weighted by atomic mass is 35.5. The molecule has 0 spiro atoms. The van der Waals surface area contributed by atoms with Crippen molar-refractivity contribution in [2.45, 2.75) is 50.2 Å². The fourth-order valence-electron chi connectivity index (χ4n) is 7.29. The molecule has 1 amide bonds. The zero-order chi connectivity index (χ0) is 32.0.